The molecule has 0 aromatic carbocycles. The van der Waals surface area contributed by atoms with E-state index in [0.29, 0.717) is 5.56 Å². The molecule has 0 saturated carbocycles. The van der Waals surface area contributed by atoms with Crippen LogP contribution in [0.1, 0.15) is 34.9 Å². The Kier molecular flexibility index (Phi) is 3.57. The summed E-state index contributed by atoms with van der Waals surface area (Å²) in [7, 11) is 0. The van der Waals surface area contributed by atoms with Crippen LogP contribution in [0, 0.1) is 0 Å². The number of hydrogen-bond donors (Lipinski definition) is 0. The predicted octanol–water partition coefficient (Wildman–Crippen LogP) is 2.78. The molecule has 0 unspecified atom stereocenters. The van der Waals surface area contributed by atoms with Gasteiger partial charge in [0.05, 0.1) is 12.2 Å². The highest BCUT2D eigenvalue weighted by Gasteiger charge is 2.26. The summed E-state index contributed by atoms with van der Waals surface area (Å²) in [4.78, 5) is 24.0. The summed E-state index contributed by atoms with van der Waals surface area (Å²) >= 11 is 1.40. The zero-order valence-electron chi connectivity index (χ0n) is 9.93. The minimum absolute atomic E-state index is 0.0458. The van der Waals surface area contributed by atoms with Gasteiger partial charge < -0.3 is 9.26 Å². The van der Waals surface area contributed by atoms with Gasteiger partial charge >= 0.3 is 5.97 Å². The van der Waals surface area contributed by atoms with Crippen LogP contribution in [-0.2, 0) is 4.74 Å². The molecule has 0 radical (unpaired) electrons. The summed E-state index contributed by atoms with van der Waals surface area (Å²) in [5, 5.41) is 5.50. The highest BCUT2D eigenvalue weighted by Crippen LogP contribution is 2.32. The maximum Gasteiger partial charge on any atom is 0.361 e. The van der Waals surface area contributed by atoms with Crippen LogP contribution in [0.25, 0.3) is 10.4 Å². The molecule has 2 aromatic rings. The quantitative estimate of drug-likeness (QED) is 0.628. The first kappa shape index (κ1) is 12.5. The van der Waals surface area contributed by atoms with Crippen molar-refractivity contribution in [2.75, 3.05) is 6.61 Å². The fourth-order valence-corrected chi connectivity index (χ4v) is 2.29. The van der Waals surface area contributed by atoms with Crippen molar-refractivity contribution in [1.29, 1.82) is 0 Å². The van der Waals surface area contributed by atoms with E-state index in [1.807, 2.05) is 11.4 Å². The van der Waals surface area contributed by atoms with Crippen molar-refractivity contribution in [2.24, 2.45) is 0 Å². The van der Waals surface area contributed by atoms with Crippen molar-refractivity contribution in [2.45, 2.75) is 13.8 Å². The van der Waals surface area contributed by atoms with Gasteiger partial charge in [-0.2, -0.15) is 0 Å². The minimum atomic E-state index is -0.586. The number of ketones is 1. The number of ether oxygens (including phenoxy) is 1. The molecule has 0 amide bonds. The van der Waals surface area contributed by atoms with E-state index in [0.717, 1.165) is 4.88 Å². The van der Waals surface area contributed by atoms with E-state index in [2.05, 4.69) is 5.16 Å². The summed E-state index contributed by atoms with van der Waals surface area (Å²) in [6.45, 7) is 3.31. The molecule has 2 heterocycles. The van der Waals surface area contributed by atoms with Gasteiger partial charge in [0, 0.05) is 11.8 Å². The van der Waals surface area contributed by atoms with Crippen LogP contribution < -0.4 is 0 Å². The van der Waals surface area contributed by atoms with Gasteiger partial charge in [0.1, 0.15) is 0 Å². The van der Waals surface area contributed by atoms with Crippen molar-refractivity contribution >= 4 is 23.1 Å². The lowest BCUT2D eigenvalue weighted by Crippen LogP contribution is -2.06. The number of Topliss-reactive ketones (excluding diaryl/α,β-unsaturated/α-hetero) is 1. The predicted molar refractivity (Wildman–Crippen MR) is 65.8 cm³/mol. The van der Waals surface area contributed by atoms with Crippen molar-refractivity contribution < 1.29 is 18.8 Å². The molecular weight excluding hydrogens is 254 g/mol. The van der Waals surface area contributed by atoms with Crippen LogP contribution in [0.4, 0.5) is 0 Å². The Hall–Kier alpha value is -1.95. The molecule has 0 saturated heterocycles. The zero-order valence-corrected chi connectivity index (χ0v) is 10.7. The molecule has 94 valence electrons. The van der Waals surface area contributed by atoms with Gasteiger partial charge in [-0.05, 0) is 18.4 Å². The summed E-state index contributed by atoms with van der Waals surface area (Å²) in [5.41, 5.74) is 0.459. The molecule has 0 fully saturated rings. The SMILES string of the molecule is CCOC(=O)c1noc(C(C)=O)c1-c1cccs1. The molecule has 2 aromatic heterocycles. The van der Waals surface area contributed by atoms with Gasteiger partial charge in [-0.3, -0.25) is 4.79 Å². The molecule has 0 aliphatic rings. The highest BCUT2D eigenvalue weighted by atomic mass is 32.1. The molecule has 2 rings (SSSR count). The molecule has 0 atom stereocenters. The van der Waals surface area contributed by atoms with Crippen LogP contribution in [-0.4, -0.2) is 23.5 Å². The first-order valence-electron chi connectivity index (χ1n) is 5.36. The van der Waals surface area contributed by atoms with Gasteiger partial charge in [-0.15, -0.1) is 11.3 Å². The summed E-state index contributed by atoms with van der Waals surface area (Å²) in [6, 6.07) is 3.62. The number of thiophene rings is 1. The standard InChI is InChI=1S/C12H11NO4S/c1-3-16-12(15)10-9(8-5-4-6-18-8)11(7(2)14)17-13-10/h4-6H,3H2,1-2H3. The Morgan fingerprint density at radius 3 is 2.83 bits per heavy atom. The Morgan fingerprint density at radius 2 is 2.28 bits per heavy atom. The van der Waals surface area contributed by atoms with E-state index in [9.17, 15) is 9.59 Å². The largest absolute Gasteiger partial charge is 0.461 e. The lowest BCUT2D eigenvalue weighted by molar-refractivity contribution is 0.0515. The molecule has 5 nitrogen and oxygen atoms in total. The maximum absolute atomic E-state index is 11.7. The first-order valence-corrected chi connectivity index (χ1v) is 6.24. The number of carbonyl (C=O) groups excluding carboxylic acids is 2. The minimum Gasteiger partial charge on any atom is -0.461 e. The van der Waals surface area contributed by atoms with Gasteiger partial charge in [-0.1, -0.05) is 11.2 Å². The van der Waals surface area contributed by atoms with Crippen LogP contribution in [0.2, 0.25) is 0 Å². The fraction of sp³-hybridized carbons (Fsp3) is 0.250. The van der Waals surface area contributed by atoms with E-state index in [-0.39, 0.29) is 23.8 Å². The van der Waals surface area contributed by atoms with E-state index < -0.39 is 5.97 Å². The van der Waals surface area contributed by atoms with Gasteiger partial charge in [0.25, 0.3) is 0 Å². The highest BCUT2D eigenvalue weighted by molar-refractivity contribution is 7.13. The monoisotopic (exact) mass is 265 g/mol. The van der Waals surface area contributed by atoms with Crippen LogP contribution in [0.3, 0.4) is 0 Å². The lowest BCUT2D eigenvalue weighted by Gasteiger charge is -2.00. The topological polar surface area (TPSA) is 69.4 Å². The normalized spacial score (nSPS) is 10.3. The molecule has 0 aliphatic carbocycles. The number of carbonyl (C=O) groups is 2. The maximum atomic E-state index is 11.7. The molecule has 18 heavy (non-hydrogen) atoms. The average molecular weight is 265 g/mol. The molecule has 0 spiro atoms. The second kappa shape index (κ2) is 5.14. The number of hydrogen-bond acceptors (Lipinski definition) is 6. The van der Waals surface area contributed by atoms with E-state index in [4.69, 9.17) is 9.26 Å². The van der Waals surface area contributed by atoms with Crippen LogP contribution >= 0.6 is 11.3 Å². The van der Waals surface area contributed by atoms with Crippen LogP contribution in [0.15, 0.2) is 22.0 Å². The second-order valence-electron chi connectivity index (χ2n) is 3.49. The zero-order chi connectivity index (χ0) is 13.1. The summed E-state index contributed by atoms with van der Waals surface area (Å²) in [5.74, 6) is -0.779. The summed E-state index contributed by atoms with van der Waals surface area (Å²) in [6.07, 6.45) is 0. The molecular formula is C12H11NO4S. The van der Waals surface area contributed by atoms with Crippen LogP contribution in [0.5, 0.6) is 0 Å². The van der Waals surface area contributed by atoms with Crippen molar-refractivity contribution in [3.8, 4) is 10.4 Å². The Labute approximate surface area is 107 Å². The first-order chi connectivity index (χ1) is 8.65. The molecule has 0 N–H and O–H groups in total. The van der Waals surface area contributed by atoms with Gasteiger partial charge in [0.15, 0.2) is 5.78 Å². The molecule has 0 bridgehead atoms. The third-order valence-corrected chi connectivity index (χ3v) is 3.14. The lowest BCUT2D eigenvalue weighted by atomic mass is 10.1. The third kappa shape index (κ3) is 2.19. The van der Waals surface area contributed by atoms with E-state index in [1.54, 1.807) is 13.0 Å². The fourth-order valence-electron chi connectivity index (χ4n) is 1.52. The number of rotatable bonds is 4. The van der Waals surface area contributed by atoms with Crippen molar-refractivity contribution in [3.63, 3.8) is 0 Å². The number of aromatic nitrogens is 1. The van der Waals surface area contributed by atoms with E-state index in [1.165, 1.54) is 18.3 Å². The Bertz CT molecular complexity index is 571. The smallest absolute Gasteiger partial charge is 0.361 e. The average Bonchev–Trinajstić information content (AvgIpc) is 2.97. The molecule has 6 heteroatoms. The van der Waals surface area contributed by atoms with E-state index >= 15 is 0 Å². The number of nitrogens with zero attached hydrogens (tertiary/aromatic N) is 1. The third-order valence-electron chi connectivity index (χ3n) is 2.25. The Morgan fingerprint density at radius 1 is 1.50 bits per heavy atom. The Balaban J connectivity index is 2.55. The summed E-state index contributed by atoms with van der Waals surface area (Å²) < 4.78 is 9.85. The molecule has 0 aliphatic heterocycles. The van der Waals surface area contributed by atoms with Gasteiger partial charge in [-0.25, -0.2) is 4.79 Å². The van der Waals surface area contributed by atoms with Gasteiger partial charge in [0.2, 0.25) is 11.5 Å². The van der Waals surface area contributed by atoms with Crippen molar-refractivity contribution in [1.82, 2.24) is 5.16 Å². The van der Waals surface area contributed by atoms with Crippen molar-refractivity contribution in [3.05, 3.63) is 29.0 Å². The second-order valence-corrected chi connectivity index (χ2v) is 4.44. The number of esters is 1.